The van der Waals surface area contributed by atoms with Crippen molar-refractivity contribution in [3.8, 4) is 0 Å². The van der Waals surface area contributed by atoms with Crippen molar-refractivity contribution in [1.29, 1.82) is 0 Å². The van der Waals surface area contributed by atoms with Crippen LogP contribution in [0.15, 0.2) is 4.47 Å². The fraction of sp³-hybridized carbons (Fsp3) is 0.750. The summed E-state index contributed by atoms with van der Waals surface area (Å²) in [6, 6.07) is 0. The average Bonchev–Trinajstić information content (AvgIpc) is 2.88. The minimum Gasteiger partial charge on any atom is -0.375 e. The summed E-state index contributed by atoms with van der Waals surface area (Å²) in [5.74, 6) is 0.518. The number of ether oxygens (including phenoxy) is 1. The molecule has 5 heteroatoms. The summed E-state index contributed by atoms with van der Waals surface area (Å²) in [6.45, 7) is 11.1. The number of Topliss-reactive ketones (excluding diaryl/α,β-unsaturated/α-hetero) is 1. The topological polar surface area (TPSA) is 44.1 Å². The van der Waals surface area contributed by atoms with Gasteiger partial charge in [0, 0.05) is 18.9 Å². The predicted molar refractivity (Wildman–Crippen MR) is 86.4 cm³/mol. The second-order valence-corrected chi connectivity index (χ2v) is 6.74. The highest BCUT2D eigenvalue weighted by atomic mass is 79.9. The molecule has 0 bridgehead atoms. The monoisotopic (exact) mass is 356 g/mol. The number of halogens is 1. The van der Waals surface area contributed by atoms with Crippen molar-refractivity contribution in [2.45, 2.75) is 66.2 Å². The largest absolute Gasteiger partial charge is 0.375 e. The number of aryl methyl sites for hydroxylation is 2. The van der Waals surface area contributed by atoms with Crippen LogP contribution in [0.1, 0.15) is 46.0 Å². The molecule has 1 aliphatic rings. The molecule has 1 aliphatic heterocycles. The summed E-state index contributed by atoms with van der Waals surface area (Å²) in [4.78, 5) is 12.8. The van der Waals surface area contributed by atoms with Crippen molar-refractivity contribution < 1.29 is 9.53 Å². The standard InChI is InChI=1S/C16H25BrN2O2/c1-6-12-16(17)13(19(7-2)18-12)8-14(20)15-9(3)10(4)21-11(15)5/h9-11,15H,6-8H2,1-5H3. The first kappa shape index (κ1) is 16.7. The molecular formula is C16H25BrN2O2. The summed E-state index contributed by atoms with van der Waals surface area (Å²) < 4.78 is 8.74. The lowest BCUT2D eigenvalue weighted by Gasteiger charge is -2.17. The molecular weight excluding hydrogens is 332 g/mol. The first-order chi connectivity index (χ1) is 9.90. The first-order valence-electron chi connectivity index (χ1n) is 7.82. The molecule has 4 nitrogen and oxygen atoms in total. The maximum atomic E-state index is 12.8. The van der Waals surface area contributed by atoms with Gasteiger partial charge in [-0.3, -0.25) is 9.48 Å². The van der Waals surface area contributed by atoms with E-state index in [4.69, 9.17) is 4.74 Å². The number of carbonyl (C=O) groups excluding carboxylic acids is 1. The van der Waals surface area contributed by atoms with Gasteiger partial charge in [-0.25, -0.2) is 0 Å². The normalized spacial score (nSPS) is 29.0. The number of rotatable bonds is 5. The van der Waals surface area contributed by atoms with Crippen molar-refractivity contribution >= 4 is 21.7 Å². The zero-order valence-corrected chi connectivity index (χ0v) is 15.1. The van der Waals surface area contributed by atoms with Gasteiger partial charge in [0.05, 0.1) is 28.1 Å². The predicted octanol–water partition coefficient (Wildman–Crippen LogP) is 3.40. The fourth-order valence-corrected chi connectivity index (χ4v) is 4.00. The lowest BCUT2D eigenvalue weighted by atomic mass is 9.84. The molecule has 1 aromatic heterocycles. The molecule has 118 valence electrons. The summed E-state index contributed by atoms with van der Waals surface area (Å²) in [7, 11) is 0. The van der Waals surface area contributed by atoms with Crippen LogP contribution in [0.3, 0.4) is 0 Å². The molecule has 0 radical (unpaired) electrons. The second kappa shape index (κ2) is 6.61. The Kier molecular flexibility index (Phi) is 5.25. The molecule has 4 unspecified atom stereocenters. The van der Waals surface area contributed by atoms with Gasteiger partial charge in [-0.2, -0.15) is 5.10 Å². The molecule has 0 spiro atoms. The highest BCUT2D eigenvalue weighted by Gasteiger charge is 2.41. The number of nitrogens with zero attached hydrogens (tertiary/aromatic N) is 2. The van der Waals surface area contributed by atoms with Crippen LogP contribution in [0.25, 0.3) is 0 Å². The van der Waals surface area contributed by atoms with Crippen molar-refractivity contribution in [1.82, 2.24) is 9.78 Å². The average molecular weight is 357 g/mol. The smallest absolute Gasteiger partial charge is 0.144 e. The van der Waals surface area contributed by atoms with E-state index in [-0.39, 0.29) is 29.8 Å². The zero-order chi connectivity index (χ0) is 15.7. The molecule has 4 atom stereocenters. The Hall–Kier alpha value is -0.680. The second-order valence-electron chi connectivity index (χ2n) is 5.95. The molecule has 2 rings (SSSR count). The van der Waals surface area contributed by atoms with Gasteiger partial charge >= 0.3 is 0 Å². The quantitative estimate of drug-likeness (QED) is 0.811. The van der Waals surface area contributed by atoms with Crippen LogP contribution in [-0.2, 0) is 28.9 Å². The summed E-state index contributed by atoms with van der Waals surface area (Å²) in [5.41, 5.74) is 2.02. The Morgan fingerprint density at radius 2 is 1.95 bits per heavy atom. The van der Waals surface area contributed by atoms with E-state index < -0.39 is 0 Å². The van der Waals surface area contributed by atoms with E-state index in [0.29, 0.717) is 6.42 Å². The number of hydrogen-bond donors (Lipinski definition) is 0. The Bertz CT molecular complexity index is 527. The maximum absolute atomic E-state index is 12.8. The molecule has 0 N–H and O–H groups in total. The number of hydrogen-bond acceptors (Lipinski definition) is 3. The van der Waals surface area contributed by atoms with E-state index in [1.54, 1.807) is 0 Å². The Balaban J connectivity index is 2.22. The highest BCUT2D eigenvalue weighted by molar-refractivity contribution is 9.10. The minimum absolute atomic E-state index is 0.00455. The molecule has 0 aromatic carbocycles. The van der Waals surface area contributed by atoms with Gasteiger partial charge in [0.25, 0.3) is 0 Å². The Morgan fingerprint density at radius 3 is 2.43 bits per heavy atom. The lowest BCUT2D eigenvalue weighted by Crippen LogP contribution is -2.29. The van der Waals surface area contributed by atoms with Gasteiger partial charge < -0.3 is 4.74 Å². The van der Waals surface area contributed by atoms with E-state index in [1.807, 2.05) is 11.6 Å². The fourth-order valence-electron chi connectivity index (χ4n) is 3.29. The SMILES string of the molecule is CCc1nn(CC)c(CC(=O)C2C(C)OC(C)C2C)c1Br. The highest BCUT2D eigenvalue weighted by Crippen LogP contribution is 2.34. The van der Waals surface area contributed by atoms with Gasteiger partial charge in [0.15, 0.2) is 0 Å². The summed E-state index contributed by atoms with van der Waals surface area (Å²) >= 11 is 3.62. The van der Waals surface area contributed by atoms with Crippen molar-refractivity contribution in [2.24, 2.45) is 11.8 Å². The van der Waals surface area contributed by atoms with E-state index >= 15 is 0 Å². The zero-order valence-electron chi connectivity index (χ0n) is 13.5. The summed E-state index contributed by atoms with van der Waals surface area (Å²) in [6.07, 6.45) is 1.45. The molecule has 21 heavy (non-hydrogen) atoms. The van der Waals surface area contributed by atoms with Crippen molar-refractivity contribution in [2.75, 3.05) is 0 Å². The summed E-state index contributed by atoms with van der Waals surface area (Å²) in [5, 5.41) is 4.57. The number of ketones is 1. The third kappa shape index (κ3) is 3.09. The van der Waals surface area contributed by atoms with Crippen LogP contribution in [0.2, 0.25) is 0 Å². The van der Waals surface area contributed by atoms with Crippen LogP contribution < -0.4 is 0 Å². The minimum atomic E-state index is -0.0165. The number of carbonyl (C=O) groups is 1. The first-order valence-corrected chi connectivity index (χ1v) is 8.62. The van der Waals surface area contributed by atoms with E-state index in [1.165, 1.54) is 0 Å². The van der Waals surface area contributed by atoms with Gasteiger partial charge in [-0.1, -0.05) is 13.8 Å². The van der Waals surface area contributed by atoms with Crippen molar-refractivity contribution in [3.05, 3.63) is 15.9 Å². The van der Waals surface area contributed by atoms with Crippen LogP contribution in [0, 0.1) is 11.8 Å². The third-order valence-corrected chi connectivity index (χ3v) is 5.56. The molecule has 1 aromatic rings. The van der Waals surface area contributed by atoms with Gasteiger partial charge in [-0.15, -0.1) is 0 Å². The van der Waals surface area contributed by atoms with Crippen LogP contribution in [-0.4, -0.2) is 27.8 Å². The molecule has 0 aliphatic carbocycles. The van der Waals surface area contributed by atoms with Crippen LogP contribution in [0.5, 0.6) is 0 Å². The van der Waals surface area contributed by atoms with Gasteiger partial charge in [-0.05, 0) is 49.0 Å². The Labute approximate surface area is 135 Å². The van der Waals surface area contributed by atoms with Crippen LogP contribution >= 0.6 is 15.9 Å². The van der Waals surface area contributed by atoms with E-state index in [0.717, 1.165) is 28.8 Å². The number of aromatic nitrogens is 2. The van der Waals surface area contributed by atoms with Gasteiger partial charge in [0.1, 0.15) is 5.78 Å². The molecule has 1 saturated heterocycles. The van der Waals surface area contributed by atoms with E-state index in [2.05, 4.69) is 48.7 Å². The van der Waals surface area contributed by atoms with Crippen LogP contribution in [0.4, 0.5) is 0 Å². The molecule has 1 fully saturated rings. The Morgan fingerprint density at radius 1 is 1.29 bits per heavy atom. The maximum Gasteiger partial charge on any atom is 0.144 e. The lowest BCUT2D eigenvalue weighted by molar-refractivity contribution is -0.124. The third-order valence-electron chi connectivity index (χ3n) is 4.65. The molecule has 0 saturated carbocycles. The molecule has 0 amide bonds. The van der Waals surface area contributed by atoms with Gasteiger partial charge in [0.2, 0.25) is 0 Å². The van der Waals surface area contributed by atoms with E-state index in [9.17, 15) is 4.79 Å². The molecule has 2 heterocycles. The van der Waals surface area contributed by atoms with Crippen molar-refractivity contribution in [3.63, 3.8) is 0 Å².